The van der Waals surface area contributed by atoms with Crippen LogP contribution in [0.5, 0.6) is 0 Å². The summed E-state index contributed by atoms with van der Waals surface area (Å²) in [5, 5.41) is 12.9. The normalized spacial score (nSPS) is 28.2. The van der Waals surface area contributed by atoms with Crippen molar-refractivity contribution in [3.8, 4) is 0 Å². The lowest BCUT2D eigenvalue weighted by Crippen LogP contribution is -2.68. The molecule has 0 aliphatic carbocycles. The first-order valence-electron chi connectivity index (χ1n) is 5.89. The molecule has 18 heavy (non-hydrogen) atoms. The van der Waals surface area contributed by atoms with Gasteiger partial charge >= 0.3 is 5.97 Å². The predicted molar refractivity (Wildman–Crippen MR) is 63.8 cm³/mol. The fraction of sp³-hybridized carbons (Fsp3) is 0.833. The first-order chi connectivity index (χ1) is 8.01. The number of esters is 1. The number of carbonyl (C=O) groups is 2. The molecule has 1 amide bonds. The first-order valence-corrected chi connectivity index (χ1v) is 5.89. The van der Waals surface area contributed by atoms with Crippen LogP contribution < -0.4 is 5.32 Å². The topological polar surface area (TPSA) is 84.9 Å². The zero-order valence-electron chi connectivity index (χ0n) is 11.5. The highest BCUT2D eigenvalue weighted by Gasteiger charge is 2.58. The van der Waals surface area contributed by atoms with E-state index < -0.39 is 28.7 Å². The maximum atomic E-state index is 12.0. The van der Waals surface area contributed by atoms with Gasteiger partial charge in [-0.25, -0.2) is 4.79 Å². The predicted octanol–water partition coefficient (Wildman–Crippen LogP) is -0.0158. The van der Waals surface area contributed by atoms with Crippen molar-refractivity contribution in [2.45, 2.75) is 51.4 Å². The third kappa shape index (κ3) is 2.64. The number of nitrogens with one attached hydrogen (secondary N) is 1. The van der Waals surface area contributed by atoms with E-state index in [4.69, 9.17) is 9.47 Å². The lowest BCUT2D eigenvalue weighted by molar-refractivity contribution is -0.216. The van der Waals surface area contributed by atoms with Crippen LogP contribution in [0.15, 0.2) is 0 Å². The van der Waals surface area contributed by atoms with Gasteiger partial charge in [-0.15, -0.1) is 0 Å². The zero-order valence-corrected chi connectivity index (χ0v) is 11.5. The Morgan fingerprint density at radius 2 is 2.00 bits per heavy atom. The standard InChI is InChI=1S/C12H21NO5/c1-10(2,3)18-9(15)11(4,16)12(5)8(14)13-6-7-17-12/h16H,6-7H2,1-5H3,(H,13,14). The minimum atomic E-state index is -2.05. The van der Waals surface area contributed by atoms with Crippen LogP contribution in [0.1, 0.15) is 34.6 Å². The van der Waals surface area contributed by atoms with Gasteiger partial charge in [0, 0.05) is 6.54 Å². The second kappa shape index (κ2) is 4.51. The molecular weight excluding hydrogens is 238 g/mol. The highest BCUT2D eigenvalue weighted by Crippen LogP contribution is 2.30. The Kier molecular flexibility index (Phi) is 3.74. The molecule has 1 rings (SSSR count). The van der Waals surface area contributed by atoms with E-state index in [2.05, 4.69) is 5.32 Å². The van der Waals surface area contributed by atoms with Crippen LogP contribution in [0.4, 0.5) is 0 Å². The van der Waals surface area contributed by atoms with Gasteiger partial charge < -0.3 is 19.9 Å². The third-order valence-corrected chi connectivity index (χ3v) is 2.94. The van der Waals surface area contributed by atoms with Gasteiger partial charge in [0.2, 0.25) is 0 Å². The molecule has 0 saturated carbocycles. The molecule has 2 unspecified atom stereocenters. The number of carbonyl (C=O) groups excluding carboxylic acids is 2. The molecule has 1 heterocycles. The van der Waals surface area contributed by atoms with Crippen molar-refractivity contribution in [1.82, 2.24) is 5.32 Å². The summed E-state index contributed by atoms with van der Waals surface area (Å²) in [4.78, 5) is 23.8. The van der Waals surface area contributed by atoms with E-state index in [1.165, 1.54) is 13.8 Å². The van der Waals surface area contributed by atoms with Crippen molar-refractivity contribution >= 4 is 11.9 Å². The first kappa shape index (κ1) is 14.9. The number of hydrogen-bond acceptors (Lipinski definition) is 5. The van der Waals surface area contributed by atoms with Gasteiger partial charge in [-0.1, -0.05) is 0 Å². The maximum Gasteiger partial charge on any atom is 0.341 e. The summed E-state index contributed by atoms with van der Waals surface area (Å²) in [6.07, 6.45) is 0. The van der Waals surface area contributed by atoms with Crippen molar-refractivity contribution in [2.75, 3.05) is 13.2 Å². The summed E-state index contributed by atoms with van der Waals surface area (Å²) in [7, 11) is 0. The number of morpholine rings is 1. The smallest absolute Gasteiger partial charge is 0.341 e. The number of ether oxygens (including phenoxy) is 2. The molecule has 2 atom stereocenters. The summed E-state index contributed by atoms with van der Waals surface area (Å²) in [6.45, 7) is 8.26. The van der Waals surface area contributed by atoms with Crippen molar-refractivity contribution in [3.05, 3.63) is 0 Å². The summed E-state index contributed by atoms with van der Waals surface area (Å²) in [5.41, 5.74) is -4.44. The van der Waals surface area contributed by atoms with Gasteiger partial charge in [-0.05, 0) is 34.6 Å². The SMILES string of the molecule is CC(C)(C)OC(=O)C(C)(O)C1(C)OCCNC1=O. The molecule has 0 aromatic heterocycles. The molecule has 0 aromatic carbocycles. The highest BCUT2D eigenvalue weighted by molar-refractivity contribution is 5.95. The molecule has 2 N–H and O–H groups in total. The molecule has 1 fully saturated rings. The largest absolute Gasteiger partial charge is 0.458 e. The van der Waals surface area contributed by atoms with Gasteiger partial charge in [0.15, 0.2) is 11.2 Å². The Labute approximate surface area is 107 Å². The lowest BCUT2D eigenvalue weighted by atomic mass is 9.83. The van der Waals surface area contributed by atoms with E-state index in [9.17, 15) is 14.7 Å². The number of aliphatic hydroxyl groups is 1. The molecule has 6 heteroatoms. The number of amides is 1. The molecule has 6 nitrogen and oxygen atoms in total. The van der Waals surface area contributed by atoms with Gasteiger partial charge in [-0.3, -0.25) is 4.79 Å². The van der Waals surface area contributed by atoms with Crippen LogP contribution in [0.2, 0.25) is 0 Å². The summed E-state index contributed by atoms with van der Waals surface area (Å²) >= 11 is 0. The number of rotatable bonds is 2. The summed E-state index contributed by atoms with van der Waals surface area (Å²) in [6, 6.07) is 0. The van der Waals surface area contributed by atoms with E-state index in [1.807, 2.05) is 0 Å². The zero-order chi connectivity index (χ0) is 14.2. The quantitative estimate of drug-likeness (QED) is 0.681. The molecule has 0 aromatic rings. The van der Waals surface area contributed by atoms with Crippen LogP contribution in [0.3, 0.4) is 0 Å². The molecule has 0 spiro atoms. The van der Waals surface area contributed by atoms with E-state index >= 15 is 0 Å². The lowest BCUT2D eigenvalue weighted by Gasteiger charge is -2.42. The molecule has 0 bridgehead atoms. The van der Waals surface area contributed by atoms with Crippen LogP contribution >= 0.6 is 0 Å². The van der Waals surface area contributed by atoms with Crippen molar-refractivity contribution < 1.29 is 24.2 Å². The Bertz CT molecular complexity index is 358. The van der Waals surface area contributed by atoms with E-state index in [-0.39, 0.29) is 6.61 Å². The fourth-order valence-electron chi connectivity index (χ4n) is 1.59. The van der Waals surface area contributed by atoms with Crippen molar-refractivity contribution in [3.63, 3.8) is 0 Å². The summed E-state index contributed by atoms with van der Waals surface area (Å²) < 4.78 is 10.4. The van der Waals surface area contributed by atoms with Crippen molar-refractivity contribution in [2.24, 2.45) is 0 Å². The molecular formula is C12H21NO5. The van der Waals surface area contributed by atoms with E-state index in [0.29, 0.717) is 6.54 Å². The number of hydrogen-bond donors (Lipinski definition) is 2. The van der Waals surface area contributed by atoms with E-state index in [0.717, 1.165) is 0 Å². The van der Waals surface area contributed by atoms with Gasteiger partial charge in [0.25, 0.3) is 5.91 Å². The van der Waals surface area contributed by atoms with Gasteiger partial charge in [-0.2, -0.15) is 0 Å². The minimum Gasteiger partial charge on any atom is -0.458 e. The van der Waals surface area contributed by atoms with Crippen molar-refractivity contribution in [1.29, 1.82) is 0 Å². The average molecular weight is 259 g/mol. The second-order valence-electron chi connectivity index (χ2n) is 5.71. The van der Waals surface area contributed by atoms with E-state index in [1.54, 1.807) is 20.8 Å². The Morgan fingerprint density at radius 3 is 2.44 bits per heavy atom. The minimum absolute atomic E-state index is 0.237. The average Bonchev–Trinajstić information content (AvgIpc) is 2.19. The molecule has 0 radical (unpaired) electrons. The molecule has 1 saturated heterocycles. The summed E-state index contributed by atoms with van der Waals surface area (Å²) in [5.74, 6) is -1.40. The fourth-order valence-corrected chi connectivity index (χ4v) is 1.59. The monoisotopic (exact) mass is 259 g/mol. The molecule has 1 aliphatic heterocycles. The highest BCUT2D eigenvalue weighted by atomic mass is 16.6. The maximum absolute atomic E-state index is 12.0. The van der Waals surface area contributed by atoms with Gasteiger partial charge in [0.1, 0.15) is 5.60 Å². The molecule has 1 aliphatic rings. The van der Waals surface area contributed by atoms with Crippen LogP contribution in [-0.2, 0) is 19.1 Å². The van der Waals surface area contributed by atoms with Crippen LogP contribution in [0, 0.1) is 0 Å². The molecule has 104 valence electrons. The Morgan fingerprint density at radius 1 is 1.44 bits per heavy atom. The van der Waals surface area contributed by atoms with Crippen LogP contribution in [-0.4, -0.2) is 46.9 Å². The van der Waals surface area contributed by atoms with Crippen LogP contribution in [0.25, 0.3) is 0 Å². The third-order valence-electron chi connectivity index (χ3n) is 2.94. The second-order valence-corrected chi connectivity index (χ2v) is 5.71. The Balaban J connectivity index is 2.97. The van der Waals surface area contributed by atoms with Gasteiger partial charge in [0.05, 0.1) is 6.61 Å². The Hall–Kier alpha value is -1.14.